The van der Waals surface area contributed by atoms with Crippen LogP contribution in [-0.2, 0) is 16.2 Å². The number of hydrogen-bond acceptors (Lipinski definition) is 3. The molecule has 10 aromatic carbocycles. The lowest BCUT2D eigenvalue weighted by molar-refractivity contribution is 0.600. The third-order valence-electron chi connectivity index (χ3n) is 17.0. The zero-order valence-corrected chi connectivity index (χ0v) is 41.1. The van der Waals surface area contributed by atoms with Gasteiger partial charge in [-0.1, -0.05) is 174 Å². The van der Waals surface area contributed by atoms with Crippen molar-refractivity contribution in [2.45, 2.75) is 64.7 Å². The molecular weight excluding hydrogens is 863 g/mol. The van der Waals surface area contributed by atoms with Crippen molar-refractivity contribution in [3.63, 3.8) is 0 Å². The Morgan fingerprint density at radius 1 is 0.352 bits per heavy atom. The molecular formula is C68H51NO2. The summed E-state index contributed by atoms with van der Waals surface area (Å²) in [5.74, 6) is 0. The highest BCUT2D eigenvalue weighted by Crippen LogP contribution is 2.64. The normalized spacial score (nSPS) is 15.3. The molecule has 3 nitrogen and oxygen atoms in total. The first-order valence-electron chi connectivity index (χ1n) is 25.2. The van der Waals surface area contributed by atoms with Crippen LogP contribution in [0.5, 0.6) is 0 Å². The SMILES string of the molecule is Cc1ccc(N(c2ccc3c(c2)C(C)(C)c2cc(-c4cccc5ccccc45)c4oc5ccccc5c4c2-3)c2ccc3c(c2)C(C)(C)c2c4c(c5oc6ccccc6c5c2-3)-c2ccccc2C4(C)C)cc1. The highest BCUT2D eigenvalue weighted by atomic mass is 16.3. The monoisotopic (exact) mass is 913 g/mol. The lowest BCUT2D eigenvalue weighted by Gasteiger charge is -2.32. The van der Waals surface area contributed by atoms with E-state index < -0.39 is 0 Å². The average Bonchev–Trinajstić information content (AvgIpc) is 4.14. The van der Waals surface area contributed by atoms with E-state index in [1.807, 2.05) is 0 Å². The summed E-state index contributed by atoms with van der Waals surface area (Å²) in [5, 5.41) is 7.18. The summed E-state index contributed by atoms with van der Waals surface area (Å²) in [6, 6.07) is 67.5. The molecule has 0 saturated heterocycles. The fourth-order valence-corrected chi connectivity index (χ4v) is 13.7. The van der Waals surface area contributed by atoms with E-state index in [0.29, 0.717) is 0 Å². The number of aryl methyl sites for hydroxylation is 1. The van der Waals surface area contributed by atoms with Crippen molar-refractivity contribution in [3.05, 3.63) is 221 Å². The number of furan rings is 2. The Morgan fingerprint density at radius 3 is 1.58 bits per heavy atom. The van der Waals surface area contributed by atoms with Crippen LogP contribution in [0.2, 0.25) is 0 Å². The Morgan fingerprint density at radius 2 is 0.859 bits per heavy atom. The lowest BCUT2D eigenvalue weighted by atomic mass is 9.72. The first-order chi connectivity index (χ1) is 34.4. The second-order valence-electron chi connectivity index (χ2n) is 22.0. The lowest BCUT2D eigenvalue weighted by Crippen LogP contribution is -2.24. The number of benzene rings is 10. The van der Waals surface area contributed by atoms with Crippen molar-refractivity contribution in [2.75, 3.05) is 4.90 Å². The minimum absolute atomic E-state index is 0.224. The quantitative estimate of drug-likeness (QED) is 0.176. The van der Waals surface area contributed by atoms with E-state index in [9.17, 15) is 0 Å². The van der Waals surface area contributed by atoms with Crippen molar-refractivity contribution in [2.24, 2.45) is 0 Å². The standard InChI is InChI=1S/C68H51NO2/c1-38-27-29-40(30-28-38)69(42-32-34-47-53(36-42)68(6,7)62-58(47)60-49-22-12-15-26-56(49)71-65(60)61-45-20-10-13-24-51(45)67(4,5)63(61)62)41-31-33-46-52(35-41)66(2,3)54-37-50(44-23-16-18-39-17-8-9-19-43(39)44)64-59(57(46)54)48-21-11-14-25-55(48)70-64/h8-37H,1-7H3. The summed E-state index contributed by atoms with van der Waals surface area (Å²) in [5.41, 5.74) is 25.7. The zero-order valence-electron chi connectivity index (χ0n) is 41.1. The van der Waals surface area contributed by atoms with E-state index in [1.165, 1.54) is 105 Å². The fourth-order valence-electron chi connectivity index (χ4n) is 13.7. The molecule has 3 aliphatic rings. The highest BCUT2D eigenvalue weighted by molar-refractivity contribution is 6.22. The van der Waals surface area contributed by atoms with Gasteiger partial charge in [-0.05, 0) is 139 Å². The topological polar surface area (TPSA) is 29.5 Å². The predicted molar refractivity (Wildman–Crippen MR) is 296 cm³/mol. The van der Waals surface area contributed by atoms with Gasteiger partial charge in [-0.15, -0.1) is 0 Å². The molecule has 0 fully saturated rings. The van der Waals surface area contributed by atoms with Crippen LogP contribution in [0.3, 0.4) is 0 Å². The molecule has 12 aromatic rings. The minimum Gasteiger partial charge on any atom is -0.455 e. The van der Waals surface area contributed by atoms with Crippen LogP contribution < -0.4 is 4.90 Å². The van der Waals surface area contributed by atoms with Crippen LogP contribution in [-0.4, -0.2) is 0 Å². The van der Waals surface area contributed by atoms with Crippen molar-refractivity contribution in [1.29, 1.82) is 0 Å². The van der Waals surface area contributed by atoms with E-state index in [2.05, 4.69) is 235 Å². The maximum absolute atomic E-state index is 6.99. The number of nitrogens with zero attached hydrogens (tertiary/aromatic N) is 1. The molecule has 3 heteroatoms. The van der Waals surface area contributed by atoms with Crippen LogP contribution in [0.25, 0.3) is 99.2 Å². The van der Waals surface area contributed by atoms with Gasteiger partial charge in [0, 0.05) is 66.0 Å². The zero-order chi connectivity index (χ0) is 47.9. The minimum atomic E-state index is -0.323. The molecule has 0 bridgehead atoms. The van der Waals surface area contributed by atoms with E-state index in [0.717, 1.165) is 50.3 Å². The predicted octanol–water partition coefficient (Wildman–Crippen LogP) is 19.0. The molecule has 340 valence electrons. The first-order valence-corrected chi connectivity index (χ1v) is 25.2. The smallest absolute Gasteiger partial charge is 0.144 e. The van der Waals surface area contributed by atoms with Gasteiger partial charge in [0.25, 0.3) is 0 Å². The van der Waals surface area contributed by atoms with Crippen LogP contribution in [0, 0.1) is 6.92 Å². The average molecular weight is 914 g/mol. The van der Waals surface area contributed by atoms with Gasteiger partial charge >= 0.3 is 0 Å². The Bertz CT molecular complexity index is 4320. The highest BCUT2D eigenvalue weighted by Gasteiger charge is 2.49. The molecule has 71 heavy (non-hydrogen) atoms. The summed E-state index contributed by atoms with van der Waals surface area (Å²) < 4.78 is 13.9. The maximum atomic E-state index is 6.99. The van der Waals surface area contributed by atoms with Crippen LogP contribution in [0.1, 0.15) is 80.5 Å². The molecule has 2 heterocycles. The van der Waals surface area contributed by atoms with Gasteiger partial charge in [-0.3, -0.25) is 0 Å². The van der Waals surface area contributed by atoms with E-state index in [1.54, 1.807) is 0 Å². The molecule has 0 N–H and O–H groups in total. The number of hydrogen-bond donors (Lipinski definition) is 0. The molecule has 15 rings (SSSR count). The Kier molecular flexibility index (Phi) is 7.91. The Labute approximate surface area is 413 Å². The summed E-state index contributed by atoms with van der Waals surface area (Å²) in [4.78, 5) is 2.48. The first kappa shape index (κ1) is 40.7. The number of rotatable bonds is 4. The second-order valence-corrected chi connectivity index (χ2v) is 22.0. The van der Waals surface area contributed by atoms with Gasteiger partial charge in [0.05, 0.1) is 0 Å². The van der Waals surface area contributed by atoms with Gasteiger partial charge in [-0.2, -0.15) is 0 Å². The number of fused-ring (bicyclic) bond motifs is 20. The van der Waals surface area contributed by atoms with E-state index in [-0.39, 0.29) is 16.2 Å². The van der Waals surface area contributed by atoms with Gasteiger partial charge in [0.2, 0.25) is 0 Å². The van der Waals surface area contributed by atoms with Crippen molar-refractivity contribution in [3.8, 4) is 44.5 Å². The third-order valence-corrected chi connectivity index (χ3v) is 17.0. The molecule has 0 saturated carbocycles. The van der Waals surface area contributed by atoms with Crippen molar-refractivity contribution < 1.29 is 8.83 Å². The Balaban J connectivity index is 0.944. The van der Waals surface area contributed by atoms with Gasteiger partial charge in [0.15, 0.2) is 0 Å². The molecule has 3 aliphatic carbocycles. The summed E-state index contributed by atoms with van der Waals surface area (Å²) in [6.45, 7) is 16.7. The summed E-state index contributed by atoms with van der Waals surface area (Å²) in [7, 11) is 0. The maximum Gasteiger partial charge on any atom is 0.144 e. The molecule has 0 radical (unpaired) electrons. The Hall–Kier alpha value is -8.14. The molecule has 0 aliphatic heterocycles. The van der Waals surface area contributed by atoms with Gasteiger partial charge in [0.1, 0.15) is 22.3 Å². The molecule has 0 spiro atoms. The molecule has 0 amide bonds. The van der Waals surface area contributed by atoms with E-state index in [4.69, 9.17) is 8.83 Å². The molecule has 0 atom stereocenters. The van der Waals surface area contributed by atoms with Crippen LogP contribution in [0.4, 0.5) is 17.1 Å². The molecule has 0 unspecified atom stereocenters. The fraction of sp³-hybridized carbons (Fsp3) is 0.147. The number of para-hydroxylation sites is 2. The van der Waals surface area contributed by atoms with Crippen LogP contribution in [0.15, 0.2) is 191 Å². The second kappa shape index (κ2) is 13.8. The van der Waals surface area contributed by atoms with Gasteiger partial charge < -0.3 is 13.7 Å². The van der Waals surface area contributed by atoms with Crippen LogP contribution >= 0.6 is 0 Å². The number of anilines is 3. The summed E-state index contributed by atoms with van der Waals surface area (Å²) >= 11 is 0. The largest absolute Gasteiger partial charge is 0.455 e. The van der Waals surface area contributed by atoms with Crippen molar-refractivity contribution >= 4 is 71.7 Å². The van der Waals surface area contributed by atoms with E-state index >= 15 is 0 Å². The molecule has 2 aromatic heterocycles. The van der Waals surface area contributed by atoms with Crippen molar-refractivity contribution in [1.82, 2.24) is 0 Å². The summed E-state index contributed by atoms with van der Waals surface area (Å²) in [6.07, 6.45) is 0. The van der Waals surface area contributed by atoms with Gasteiger partial charge in [-0.25, -0.2) is 0 Å². The third kappa shape index (κ3) is 5.23.